The standard InChI is InChI=1S/C18H26N2.Pt/c1-12(2)11-17-18(15(6)19-20(17)13(3)4)16-9-7-14(5)8-10-16;/h7-10,12-13H,11H2,1-6H3;. The Hall–Kier alpha value is -0.882. The van der Waals surface area contributed by atoms with Crippen LogP contribution >= 0.6 is 0 Å². The molecule has 1 aromatic carbocycles. The van der Waals surface area contributed by atoms with E-state index in [0.29, 0.717) is 12.0 Å². The molecule has 2 rings (SSSR count). The Kier molecular flexibility index (Phi) is 6.40. The average Bonchev–Trinajstić information content (AvgIpc) is 2.67. The fourth-order valence-electron chi connectivity index (χ4n) is 2.70. The van der Waals surface area contributed by atoms with E-state index >= 15 is 0 Å². The third-order valence-corrected chi connectivity index (χ3v) is 3.62. The van der Waals surface area contributed by atoms with Crippen LogP contribution < -0.4 is 0 Å². The Labute approximate surface area is 143 Å². The predicted octanol–water partition coefficient (Wildman–Crippen LogP) is 4.94. The number of nitrogens with zero attached hydrogens (tertiary/aromatic N) is 2. The maximum atomic E-state index is 4.78. The first kappa shape index (κ1) is 18.2. The molecule has 2 nitrogen and oxygen atoms in total. The van der Waals surface area contributed by atoms with Gasteiger partial charge in [-0.2, -0.15) is 5.10 Å². The van der Waals surface area contributed by atoms with Crippen molar-refractivity contribution in [1.29, 1.82) is 0 Å². The molecule has 0 N–H and O–H groups in total. The van der Waals surface area contributed by atoms with Gasteiger partial charge in [0.1, 0.15) is 0 Å². The van der Waals surface area contributed by atoms with Crippen molar-refractivity contribution >= 4 is 0 Å². The normalized spacial score (nSPS) is 11.0. The summed E-state index contributed by atoms with van der Waals surface area (Å²) in [6.45, 7) is 13.2. The van der Waals surface area contributed by atoms with Crippen LogP contribution in [0.4, 0.5) is 0 Å². The molecule has 0 amide bonds. The second kappa shape index (κ2) is 7.40. The van der Waals surface area contributed by atoms with Crippen LogP contribution in [0.15, 0.2) is 24.3 Å². The van der Waals surface area contributed by atoms with Gasteiger partial charge in [0.05, 0.1) is 5.69 Å². The van der Waals surface area contributed by atoms with Crippen molar-refractivity contribution < 1.29 is 21.1 Å². The minimum Gasteiger partial charge on any atom is -0.266 e. The van der Waals surface area contributed by atoms with Gasteiger partial charge in [0.2, 0.25) is 0 Å². The Morgan fingerprint density at radius 2 is 1.57 bits per heavy atom. The van der Waals surface area contributed by atoms with Crippen molar-refractivity contribution in [2.45, 2.75) is 54.0 Å². The molecule has 0 unspecified atom stereocenters. The summed E-state index contributed by atoms with van der Waals surface area (Å²) in [4.78, 5) is 0. The number of benzene rings is 1. The Morgan fingerprint density at radius 1 is 1.00 bits per heavy atom. The van der Waals surface area contributed by atoms with Crippen molar-refractivity contribution in [2.24, 2.45) is 5.92 Å². The smallest absolute Gasteiger partial charge is 0.0675 e. The van der Waals surface area contributed by atoms with Crippen LogP contribution in [0.1, 0.15) is 50.7 Å². The Balaban J connectivity index is 0.00000220. The number of aryl methyl sites for hydroxylation is 2. The van der Waals surface area contributed by atoms with Gasteiger partial charge < -0.3 is 0 Å². The van der Waals surface area contributed by atoms with Crippen LogP contribution in [0, 0.1) is 19.8 Å². The molecule has 0 saturated heterocycles. The van der Waals surface area contributed by atoms with Crippen LogP contribution in [0.25, 0.3) is 11.1 Å². The molecule has 0 saturated carbocycles. The van der Waals surface area contributed by atoms with E-state index in [9.17, 15) is 0 Å². The number of hydrogen-bond acceptors (Lipinski definition) is 1. The zero-order chi connectivity index (χ0) is 14.9. The van der Waals surface area contributed by atoms with Gasteiger partial charge >= 0.3 is 0 Å². The van der Waals surface area contributed by atoms with Crippen molar-refractivity contribution in [2.75, 3.05) is 0 Å². The first-order chi connectivity index (χ1) is 9.40. The summed E-state index contributed by atoms with van der Waals surface area (Å²) in [7, 11) is 0. The first-order valence-corrected chi connectivity index (χ1v) is 7.55. The third kappa shape index (κ3) is 4.07. The van der Waals surface area contributed by atoms with Crippen LogP contribution in [0.2, 0.25) is 0 Å². The van der Waals surface area contributed by atoms with Crippen molar-refractivity contribution in [3.05, 3.63) is 41.2 Å². The summed E-state index contributed by atoms with van der Waals surface area (Å²) >= 11 is 0. The molecule has 0 aliphatic heterocycles. The zero-order valence-electron chi connectivity index (χ0n) is 13.9. The number of aromatic nitrogens is 2. The van der Waals surface area contributed by atoms with Crippen LogP contribution in [-0.4, -0.2) is 9.78 Å². The van der Waals surface area contributed by atoms with Gasteiger partial charge in [-0.25, -0.2) is 0 Å². The molecular weight excluding hydrogens is 439 g/mol. The molecule has 2 aromatic rings. The molecule has 21 heavy (non-hydrogen) atoms. The molecule has 0 aliphatic rings. The van der Waals surface area contributed by atoms with E-state index in [4.69, 9.17) is 5.10 Å². The molecule has 0 spiro atoms. The largest absolute Gasteiger partial charge is 0.266 e. The molecule has 0 radical (unpaired) electrons. The summed E-state index contributed by atoms with van der Waals surface area (Å²) in [5.41, 5.74) is 6.42. The van der Waals surface area contributed by atoms with E-state index in [0.717, 1.165) is 12.1 Å². The summed E-state index contributed by atoms with van der Waals surface area (Å²) in [6, 6.07) is 9.20. The van der Waals surface area contributed by atoms with E-state index in [-0.39, 0.29) is 21.1 Å². The monoisotopic (exact) mass is 465 g/mol. The van der Waals surface area contributed by atoms with Gasteiger partial charge in [0.15, 0.2) is 0 Å². The van der Waals surface area contributed by atoms with E-state index in [1.54, 1.807) is 0 Å². The molecule has 1 heterocycles. The van der Waals surface area contributed by atoms with E-state index in [2.05, 4.69) is 70.5 Å². The Morgan fingerprint density at radius 3 is 2.05 bits per heavy atom. The summed E-state index contributed by atoms with van der Waals surface area (Å²) in [5, 5.41) is 4.78. The molecule has 0 bridgehead atoms. The van der Waals surface area contributed by atoms with Gasteiger partial charge in [-0.1, -0.05) is 43.7 Å². The summed E-state index contributed by atoms with van der Waals surface area (Å²) in [6.07, 6.45) is 1.07. The summed E-state index contributed by atoms with van der Waals surface area (Å²) < 4.78 is 2.20. The maximum Gasteiger partial charge on any atom is 0.0675 e. The van der Waals surface area contributed by atoms with Gasteiger partial charge in [0, 0.05) is 38.4 Å². The number of hydrogen-bond donors (Lipinski definition) is 0. The quantitative estimate of drug-likeness (QED) is 0.625. The zero-order valence-corrected chi connectivity index (χ0v) is 16.2. The molecule has 3 heteroatoms. The van der Waals surface area contributed by atoms with Crippen molar-refractivity contribution in [1.82, 2.24) is 9.78 Å². The molecule has 0 aliphatic carbocycles. The fourth-order valence-corrected chi connectivity index (χ4v) is 2.70. The Bertz CT molecular complexity index is 580. The molecular formula is C18H26N2Pt. The molecule has 118 valence electrons. The second-order valence-electron chi connectivity index (χ2n) is 6.41. The van der Waals surface area contributed by atoms with Gasteiger partial charge in [-0.15, -0.1) is 0 Å². The van der Waals surface area contributed by atoms with E-state index in [1.165, 1.54) is 22.4 Å². The van der Waals surface area contributed by atoms with Gasteiger partial charge in [-0.05, 0) is 45.6 Å². The second-order valence-corrected chi connectivity index (χ2v) is 6.41. The van der Waals surface area contributed by atoms with E-state index in [1.807, 2.05) is 0 Å². The number of rotatable bonds is 4. The molecule has 0 fully saturated rings. The third-order valence-electron chi connectivity index (χ3n) is 3.62. The van der Waals surface area contributed by atoms with E-state index < -0.39 is 0 Å². The van der Waals surface area contributed by atoms with Crippen molar-refractivity contribution in [3.63, 3.8) is 0 Å². The first-order valence-electron chi connectivity index (χ1n) is 7.55. The SMILES string of the molecule is Cc1ccc(-c2c(C)nn(C(C)C)c2CC(C)C)cc1.[Pt]. The summed E-state index contributed by atoms with van der Waals surface area (Å²) in [5.74, 6) is 0.632. The van der Waals surface area contributed by atoms with Gasteiger partial charge in [0.25, 0.3) is 0 Å². The topological polar surface area (TPSA) is 17.8 Å². The fraction of sp³-hybridized carbons (Fsp3) is 0.500. The van der Waals surface area contributed by atoms with Crippen LogP contribution in [0.5, 0.6) is 0 Å². The molecule has 0 atom stereocenters. The minimum absolute atomic E-state index is 0. The van der Waals surface area contributed by atoms with Crippen molar-refractivity contribution in [3.8, 4) is 11.1 Å². The minimum atomic E-state index is 0. The van der Waals surface area contributed by atoms with Crippen LogP contribution in [0.3, 0.4) is 0 Å². The average molecular weight is 465 g/mol. The van der Waals surface area contributed by atoms with Gasteiger partial charge in [-0.3, -0.25) is 4.68 Å². The maximum absolute atomic E-state index is 4.78. The molecule has 1 aromatic heterocycles. The van der Waals surface area contributed by atoms with Crippen LogP contribution in [-0.2, 0) is 27.5 Å². The predicted molar refractivity (Wildman–Crippen MR) is 86.1 cm³/mol.